The number of likely N-dealkylation sites (tertiary alicyclic amines) is 1. The molecule has 0 spiro atoms. The lowest BCUT2D eigenvalue weighted by atomic mass is 10.1. The number of imide groups is 1. The van der Waals surface area contributed by atoms with Crippen molar-refractivity contribution in [1.82, 2.24) is 9.80 Å². The Balaban J connectivity index is 1.95. The van der Waals surface area contributed by atoms with Crippen molar-refractivity contribution < 1.29 is 14.3 Å². The zero-order valence-electron chi connectivity index (χ0n) is 8.78. The fraction of sp³-hybridized carbons (Fsp3) is 0.800. The first-order valence-corrected chi connectivity index (χ1v) is 5.46. The third-order valence-corrected chi connectivity index (χ3v) is 2.84. The minimum atomic E-state index is -0.136. The van der Waals surface area contributed by atoms with Crippen LogP contribution in [0.5, 0.6) is 0 Å². The van der Waals surface area contributed by atoms with Crippen molar-refractivity contribution in [2.24, 2.45) is 0 Å². The maximum Gasteiger partial charge on any atom is 0.326 e. The maximum atomic E-state index is 11.9. The molecule has 2 rings (SSSR count). The average molecular weight is 212 g/mol. The van der Waals surface area contributed by atoms with Crippen LogP contribution in [0.4, 0.5) is 4.79 Å². The van der Waals surface area contributed by atoms with E-state index in [4.69, 9.17) is 4.74 Å². The van der Waals surface area contributed by atoms with Gasteiger partial charge in [0.2, 0.25) is 5.91 Å². The molecule has 0 saturated carbocycles. The highest BCUT2D eigenvalue weighted by Crippen LogP contribution is 2.13. The van der Waals surface area contributed by atoms with Gasteiger partial charge in [-0.25, -0.2) is 4.79 Å². The van der Waals surface area contributed by atoms with E-state index in [1.54, 1.807) is 4.90 Å². The van der Waals surface area contributed by atoms with Crippen molar-refractivity contribution in [1.29, 1.82) is 0 Å². The maximum absolute atomic E-state index is 11.9. The summed E-state index contributed by atoms with van der Waals surface area (Å²) in [6.45, 7) is 2.93. The summed E-state index contributed by atoms with van der Waals surface area (Å²) < 4.78 is 5.17. The molecule has 2 fully saturated rings. The van der Waals surface area contributed by atoms with Crippen LogP contribution in [0.15, 0.2) is 0 Å². The van der Waals surface area contributed by atoms with Crippen LogP contribution in [0.3, 0.4) is 0 Å². The van der Waals surface area contributed by atoms with Crippen LogP contribution in [0.1, 0.15) is 19.3 Å². The molecule has 0 atom stereocenters. The number of piperidine rings is 1. The van der Waals surface area contributed by atoms with E-state index in [0.717, 1.165) is 12.8 Å². The van der Waals surface area contributed by atoms with E-state index in [9.17, 15) is 9.59 Å². The van der Waals surface area contributed by atoms with Crippen LogP contribution in [-0.2, 0) is 9.53 Å². The van der Waals surface area contributed by atoms with Gasteiger partial charge in [-0.1, -0.05) is 0 Å². The molecule has 15 heavy (non-hydrogen) atoms. The summed E-state index contributed by atoms with van der Waals surface area (Å²) in [4.78, 5) is 26.5. The third-order valence-electron chi connectivity index (χ3n) is 2.84. The Morgan fingerprint density at radius 2 is 1.87 bits per heavy atom. The number of ether oxygens (including phenoxy) is 1. The number of hydrogen-bond acceptors (Lipinski definition) is 3. The van der Waals surface area contributed by atoms with Crippen molar-refractivity contribution in [3.8, 4) is 0 Å². The molecule has 2 aliphatic heterocycles. The van der Waals surface area contributed by atoms with Gasteiger partial charge in [-0.2, -0.15) is 0 Å². The number of hydrogen-bond donors (Lipinski definition) is 0. The average Bonchev–Trinajstić information content (AvgIpc) is 2.30. The monoisotopic (exact) mass is 212 g/mol. The molecule has 0 bridgehead atoms. The van der Waals surface area contributed by atoms with E-state index in [2.05, 4.69) is 0 Å². The second-order valence-corrected chi connectivity index (χ2v) is 3.88. The van der Waals surface area contributed by atoms with Crippen molar-refractivity contribution in [2.75, 3.05) is 32.8 Å². The molecular weight excluding hydrogens is 196 g/mol. The summed E-state index contributed by atoms with van der Waals surface area (Å²) in [6, 6.07) is -0.136. The fourth-order valence-corrected chi connectivity index (χ4v) is 1.93. The predicted octanol–water partition coefficient (Wildman–Crippen LogP) is 0.451. The minimum absolute atomic E-state index is 0.0299. The van der Waals surface area contributed by atoms with Gasteiger partial charge in [0.1, 0.15) is 0 Å². The van der Waals surface area contributed by atoms with Crippen LogP contribution in [0.25, 0.3) is 0 Å². The molecule has 2 aliphatic rings. The van der Waals surface area contributed by atoms with Crippen LogP contribution in [-0.4, -0.2) is 54.6 Å². The highest BCUT2D eigenvalue weighted by Gasteiger charge is 2.28. The minimum Gasteiger partial charge on any atom is -0.378 e. The molecule has 0 aromatic heterocycles. The molecule has 0 aromatic rings. The van der Waals surface area contributed by atoms with Crippen LogP contribution >= 0.6 is 0 Å². The third kappa shape index (κ3) is 2.28. The van der Waals surface area contributed by atoms with Gasteiger partial charge in [-0.3, -0.25) is 9.69 Å². The van der Waals surface area contributed by atoms with E-state index >= 15 is 0 Å². The van der Waals surface area contributed by atoms with Gasteiger partial charge in [-0.05, 0) is 12.8 Å². The highest BCUT2D eigenvalue weighted by molar-refractivity contribution is 5.94. The molecule has 0 radical (unpaired) electrons. The SMILES string of the molecule is O=C1CCCCN1C(=O)N1CCOCC1. The second-order valence-electron chi connectivity index (χ2n) is 3.88. The Bertz CT molecular complexity index is 261. The number of amides is 3. The van der Waals surface area contributed by atoms with Crippen molar-refractivity contribution in [2.45, 2.75) is 19.3 Å². The molecule has 84 valence electrons. The Labute approximate surface area is 89.0 Å². The summed E-state index contributed by atoms with van der Waals surface area (Å²) in [6.07, 6.45) is 2.35. The number of rotatable bonds is 0. The Hall–Kier alpha value is -1.10. The first-order chi connectivity index (χ1) is 7.29. The Kier molecular flexibility index (Phi) is 3.20. The quantitative estimate of drug-likeness (QED) is 0.586. The van der Waals surface area contributed by atoms with E-state index in [0.29, 0.717) is 39.3 Å². The molecule has 3 amide bonds. The smallest absolute Gasteiger partial charge is 0.326 e. The second kappa shape index (κ2) is 4.61. The largest absolute Gasteiger partial charge is 0.378 e. The van der Waals surface area contributed by atoms with E-state index < -0.39 is 0 Å². The summed E-state index contributed by atoms with van der Waals surface area (Å²) in [5.74, 6) is -0.0299. The molecule has 0 N–H and O–H groups in total. The van der Waals surface area contributed by atoms with Crippen molar-refractivity contribution in [3.05, 3.63) is 0 Å². The number of urea groups is 1. The Morgan fingerprint density at radius 1 is 1.13 bits per heavy atom. The predicted molar refractivity (Wildman–Crippen MR) is 53.4 cm³/mol. The molecular formula is C10H16N2O3. The van der Waals surface area contributed by atoms with E-state index in [-0.39, 0.29) is 11.9 Å². The van der Waals surface area contributed by atoms with Gasteiger partial charge in [0.25, 0.3) is 0 Å². The van der Waals surface area contributed by atoms with Gasteiger partial charge in [0, 0.05) is 26.1 Å². The van der Waals surface area contributed by atoms with Crippen LogP contribution < -0.4 is 0 Å². The molecule has 5 nitrogen and oxygen atoms in total. The summed E-state index contributed by atoms with van der Waals surface area (Å²) in [7, 11) is 0. The zero-order valence-corrected chi connectivity index (χ0v) is 8.78. The number of nitrogens with zero attached hydrogens (tertiary/aromatic N) is 2. The van der Waals surface area contributed by atoms with Crippen LogP contribution in [0, 0.1) is 0 Å². The standard InChI is InChI=1S/C10H16N2O3/c13-9-3-1-2-4-12(9)10(14)11-5-7-15-8-6-11/h1-8H2. The number of morpholine rings is 1. The summed E-state index contributed by atoms with van der Waals surface area (Å²) in [5, 5.41) is 0. The van der Waals surface area contributed by atoms with Gasteiger partial charge in [-0.15, -0.1) is 0 Å². The first kappa shape index (κ1) is 10.4. The van der Waals surface area contributed by atoms with Gasteiger partial charge >= 0.3 is 6.03 Å². The molecule has 0 aromatic carbocycles. The highest BCUT2D eigenvalue weighted by atomic mass is 16.5. The lowest BCUT2D eigenvalue weighted by Crippen LogP contribution is -2.51. The lowest BCUT2D eigenvalue weighted by Gasteiger charge is -2.33. The van der Waals surface area contributed by atoms with Crippen LogP contribution in [0.2, 0.25) is 0 Å². The Morgan fingerprint density at radius 3 is 2.53 bits per heavy atom. The first-order valence-electron chi connectivity index (χ1n) is 5.46. The number of carbonyl (C=O) groups excluding carboxylic acids is 2. The van der Waals surface area contributed by atoms with Gasteiger partial charge < -0.3 is 9.64 Å². The normalized spacial score (nSPS) is 23.1. The molecule has 5 heteroatoms. The summed E-state index contributed by atoms with van der Waals surface area (Å²) in [5.41, 5.74) is 0. The van der Waals surface area contributed by atoms with Crippen molar-refractivity contribution >= 4 is 11.9 Å². The molecule has 0 aliphatic carbocycles. The van der Waals surface area contributed by atoms with Gasteiger partial charge in [0.15, 0.2) is 0 Å². The summed E-state index contributed by atoms with van der Waals surface area (Å²) >= 11 is 0. The number of carbonyl (C=O) groups is 2. The molecule has 2 saturated heterocycles. The molecule has 0 unspecified atom stereocenters. The lowest BCUT2D eigenvalue weighted by molar-refractivity contribution is -0.130. The molecule has 2 heterocycles. The van der Waals surface area contributed by atoms with E-state index in [1.807, 2.05) is 0 Å². The van der Waals surface area contributed by atoms with Gasteiger partial charge in [0.05, 0.1) is 13.2 Å². The zero-order chi connectivity index (χ0) is 10.7. The topological polar surface area (TPSA) is 49.9 Å². The van der Waals surface area contributed by atoms with Crippen molar-refractivity contribution in [3.63, 3.8) is 0 Å². The fourth-order valence-electron chi connectivity index (χ4n) is 1.93. The van der Waals surface area contributed by atoms with E-state index in [1.165, 1.54) is 4.90 Å².